The summed E-state index contributed by atoms with van der Waals surface area (Å²) < 4.78 is 2.26. The van der Waals surface area contributed by atoms with Gasteiger partial charge in [0.2, 0.25) is 0 Å². The predicted octanol–water partition coefficient (Wildman–Crippen LogP) is 2.46. The molecule has 0 saturated carbocycles. The first-order chi connectivity index (χ1) is 10.8. The smallest absolute Gasteiger partial charge is 0.144 e. The highest BCUT2D eigenvalue weighted by Crippen LogP contribution is 2.32. The number of aromatic nitrogens is 4. The highest BCUT2D eigenvalue weighted by atomic mass is 15.2. The Morgan fingerprint density at radius 1 is 1.36 bits per heavy atom. The first kappa shape index (κ1) is 15.0. The van der Waals surface area contributed by atoms with Crippen molar-refractivity contribution in [2.45, 2.75) is 45.3 Å². The Labute approximate surface area is 131 Å². The van der Waals surface area contributed by atoms with Crippen LogP contribution >= 0.6 is 0 Å². The fourth-order valence-electron chi connectivity index (χ4n) is 3.13. The SMILES string of the molecule is CCCn1ccnc1CN1CCCC1c1cncc(NC)n1. The van der Waals surface area contributed by atoms with Gasteiger partial charge in [0.25, 0.3) is 0 Å². The Bertz CT molecular complexity index is 608. The van der Waals surface area contributed by atoms with Gasteiger partial charge in [0.1, 0.15) is 11.6 Å². The summed E-state index contributed by atoms with van der Waals surface area (Å²) in [6.07, 6.45) is 11.1. The van der Waals surface area contributed by atoms with Crippen molar-refractivity contribution in [2.75, 3.05) is 18.9 Å². The minimum Gasteiger partial charge on any atom is -0.372 e. The molecular formula is C16H24N6. The van der Waals surface area contributed by atoms with Crippen molar-refractivity contribution in [1.82, 2.24) is 24.4 Å². The lowest BCUT2D eigenvalue weighted by atomic mass is 10.1. The van der Waals surface area contributed by atoms with E-state index in [2.05, 4.69) is 42.9 Å². The van der Waals surface area contributed by atoms with Crippen molar-refractivity contribution in [3.63, 3.8) is 0 Å². The molecule has 0 amide bonds. The molecule has 22 heavy (non-hydrogen) atoms. The lowest BCUT2D eigenvalue weighted by Gasteiger charge is -2.24. The normalized spacial score (nSPS) is 18.7. The summed E-state index contributed by atoms with van der Waals surface area (Å²) >= 11 is 0. The van der Waals surface area contributed by atoms with Gasteiger partial charge >= 0.3 is 0 Å². The van der Waals surface area contributed by atoms with Gasteiger partial charge in [-0.1, -0.05) is 6.92 Å². The van der Waals surface area contributed by atoms with Gasteiger partial charge in [-0.3, -0.25) is 9.88 Å². The number of aryl methyl sites for hydroxylation is 1. The minimum absolute atomic E-state index is 0.340. The molecule has 0 bridgehead atoms. The highest BCUT2D eigenvalue weighted by Gasteiger charge is 2.28. The van der Waals surface area contributed by atoms with E-state index in [0.29, 0.717) is 6.04 Å². The molecule has 1 fully saturated rings. The molecule has 3 rings (SSSR count). The first-order valence-electron chi connectivity index (χ1n) is 8.05. The second-order valence-electron chi connectivity index (χ2n) is 5.74. The Morgan fingerprint density at radius 3 is 3.09 bits per heavy atom. The molecule has 1 aliphatic heterocycles. The van der Waals surface area contributed by atoms with Crippen molar-refractivity contribution in [3.05, 3.63) is 36.3 Å². The molecule has 2 aromatic heterocycles. The van der Waals surface area contributed by atoms with Crippen molar-refractivity contribution in [1.29, 1.82) is 0 Å². The standard InChI is InChI=1S/C16H24N6/c1-3-7-21-9-6-19-16(21)12-22-8-4-5-14(22)13-10-18-11-15(17-2)20-13/h6,9-11,14H,3-5,7-8,12H2,1-2H3,(H,17,20). The average molecular weight is 300 g/mol. The van der Waals surface area contributed by atoms with E-state index in [-0.39, 0.29) is 0 Å². The van der Waals surface area contributed by atoms with Gasteiger partial charge in [-0.25, -0.2) is 9.97 Å². The largest absolute Gasteiger partial charge is 0.372 e. The lowest BCUT2D eigenvalue weighted by Crippen LogP contribution is -2.25. The zero-order chi connectivity index (χ0) is 15.4. The van der Waals surface area contributed by atoms with E-state index in [9.17, 15) is 0 Å². The maximum atomic E-state index is 4.67. The molecule has 0 radical (unpaired) electrons. The summed E-state index contributed by atoms with van der Waals surface area (Å²) in [5.41, 5.74) is 1.05. The highest BCUT2D eigenvalue weighted by molar-refractivity contribution is 5.31. The van der Waals surface area contributed by atoms with Gasteiger partial charge in [-0.05, 0) is 25.8 Å². The summed E-state index contributed by atoms with van der Waals surface area (Å²) in [5, 5.41) is 3.07. The third kappa shape index (κ3) is 3.11. The molecule has 118 valence electrons. The van der Waals surface area contributed by atoms with Gasteiger partial charge in [0.05, 0.1) is 30.7 Å². The second-order valence-corrected chi connectivity index (χ2v) is 5.74. The maximum absolute atomic E-state index is 4.67. The minimum atomic E-state index is 0.340. The predicted molar refractivity (Wildman–Crippen MR) is 86.5 cm³/mol. The number of imidazole rings is 1. The molecule has 1 aliphatic rings. The third-order valence-corrected chi connectivity index (χ3v) is 4.23. The molecule has 6 heteroatoms. The van der Waals surface area contributed by atoms with Gasteiger partial charge in [-0.15, -0.1) is 0 Å². The van der Waals surface area contributed by atoms with Crippen LogP contribution in [0, 0.1) is 0 Å². The Kier molecular flexibility index (Phi) is 4.68. The summed E-state index contributed by atoms with van der Waals surface area (Å²) in [6.45, 7) is 5.20. The van der Waals surface area contributed by atoms with E-state index < -0.39 is 0 Å². The summed E-state index contributed by atoms with van der Waals surface area (Å²) in [4.78, 5) is 16.0. The quantitative estimate of drug-likeness (QED) is 0.888. The van der Waals surface area contributed by atoms with Gasteiger partial charge in [-0.2, -0.15) is 0 Å². The van der Waals surface area contributed by atoms with Crippen LogP contribution in [0.15, 0.2) is 24.8 Å². The molecule has 0 spiro atoms. The molecular weight excluding hydrogens is 276 g/mol. The monoisotopic (exact) mass is 300 g/mol. The molecule has 1 atom stereocenters. The maximum Gasteiger partial charge on any atom is 0.144 e. The number of anilines is 1. The van der Waals surface area contributed by atoms with Crippen molar-refractivity contribution in [3.8, 4) is 0 Å². The average Bonchev–Trinajstić information content (AvgIpc) is 3.18. The van der Waals surface area contributed by atoms with Crippen LogP contribution in [0.4, 0.5) is 5.82 Å². The van der Waals surface area contributed by atoms with Crippen LogP contribution in [0.5, 0.6) is 0 Å². The van der Waals surface area contributed by atoms with Gasteiger partial charge < -0.3 is 9.88 Å². The zero-order valence-electron chi connectivity index (χ0n) is 13.4. The van der Waals surface area contributed by atoms with Crippen molar-refractivity contribution >= 4 is 5.82 Å². The van der Waals surface area contributed by atoms with Crippen LogP contribution in [0.25, 0.3) is 0 Å². The molecule has 3 heterocycles. The van der Waals surface area contributed by atoms with E-state index in [1.54, 1.807) is 6.20 Å². The number of hydrogen-bond acceptors (Lipinski definition) is 5. The van der Waals surface area contributed by atoms with Crippen LogP contribution in [0.2, 0.25) is 0 Å². The second kappa shape index (κ2) is 6.87. The molecule has 1 saturated heterocycles. The molecule has 1 N–H and O–H groups in total. The van der Waals surface area contributed by atoms with Crippen LogP contribution in [0.1, 0.15) is 43.7 Å². The van der Waals surface area contributed by atoms with E-state index in [4.69, 9.17) is 0 Å². The Balaban J connectivity index is 1.76. The van der Waals surface area contributed by atoms with Gasteiger partial charge in [0, 0.05) is 26.0 Å². The molecule has 0 aromatic carbocycles. The van der Waals surface area contributed by atoms with Crippen LogP contribution in [0.3, 0.4) is 0 Å². The Morgan fingerprint density at radius 2 is 2.27 bits per heavy atom. The molecule has 2 aromatic rings. The van der Waals surface area contributed by atoms with Gasteiger partial charge in [0.15, 0.2) is 0 Å². The third-order valence-electron chi connectivity index (χ3n) is 4.23. The van der Waals surface area contributed by atoms with Crippen LogP contribution in [-0.2, 0) is 13.1 Å². The Hall–Kier alpha value is -1.95. The topological polar surface area (TPSA) is 58.9 Å². The fourth-order valence-corrected chi connectivity index (χ4v) is 3.13. The summed E-state index contributed by atoms with van der Waals surface area (Å²) in [5.74, 6) is 1.98. The molecule has 0 aliphatic carbocycles. The van der Waals surface area contributed by atoms with Crippen molar-refractivity contribution in [2.24, 2.45) is 0 Å². The summed E-state index contributed by atoms with van der Waals surface area (Å²) in [6, 6.07) is 0.340. The van der Waals surface area contributed by atoms with E-state index >= 15 is 0 Å². The van der Waals surface area contributed by atoms with Crippen LogP contribution in [-0.4, -0.2) is 38.0 Å². The number of nitrogens with one attached hydrogen (secondary N) is 1. The number of hydrogen-bond donors (Lipinski definition) is 1. The number of likely N-dealkylation sites (tertiary alicyclic amines) is 1. The van der Waals surface area contributed by atoms with E-state index in [0.717, 1.165) is 49.8 Å². The van der Waals surface area contributed by atoms with Crippen LogP contribution < -0.4 is 5.32 Å². The van der Waals surface area contributed by atoms with E-state index in [1.807, 2.05) is 19.4 Å². The molecule has 1 unspecified atom stereocenters. The van der Waals surface area contributed by atoms with E-state index in [1.165, 1.54) is 6.42 Å². The first-order valence-corrected chi connectivity index (χ1v) is 8.05. The fraction of sp³-hybridized carbons (Fsp3) is 0.562. The van der Waals surface area contributed by atoms with Crippen molar-refractivity contribution < 1.29 is 0 Å². The summed E-state index contributed by atoms with van der Waals surface area (Å²) in [7, 11) is 1.88. The number of nitrogens with zero attached hydrogens (tertiary/aromatic N) is 5. The lowest BCUT2D eigenvalue weighted by molar-refractivity contribution is 0.234. The molecule has 6 nitrogen and oxygen atoms in total. The number of rotatable bonds is 6. The zero-order valence-corrected chi connectivity index (χ0v) is 13.4.